The predicted molar refractivity (Wildman–Crippen MR) is 67.7 cm³/mol. The molecule has 1 aromatic carbocycles. The van der Waals surface area contributed by atoms with Gasteiger partial charge in [0.1, 0.15) is 0 Å². The minimum atomic E-state index is -0.758. The van der Waals surface area contributed by atoms with E-state index < -0.39 is 17.5 Å². The highest BCUT2D eigenvalue weighted by molar-refractivity contribution is 6.11. The fraction of sp³-hybridized carbons (Fsp3) is 0.0833. The van der Waals surface area contributed by atoms with Gasteiger partial charge in [0.15, 0.2) is 5.78 Å². The molecule has 0 aliphatic heterocycles. The van der Waals surface area contributed by atoms with E-state index in [1.807, 2.05) is 0 Å². The molecule has 1 aromatic heterocycles. The van der Waals surface area contributed by atoms with Gasteiger partial charge >= 0.3 is 0 Å². The number of aromatic hydroxyl groups is 2. The molecule has 0 aliphatic carbocycles. The Kier molecular flexibility index (Phi) is 3.49. The molecule has 3 N–H and O–H groups in total. The Labute approximate surface area is 112 Å². The van der Waals surface area contributed by atoms with Crippen molar-refractivity contribution in [1.82, 2.24) is 4.73 Å². The van der Waals surface area contributed by atoms with Crippen LogP contribution in [0.25, 0.3) is 10.4 Å². The molecule has 0 spiro atoms. The number of carbonyl (C=O) groups excluding carboxylic acids is 1. The Morgan fingerprint density at radius 3 is 2.60 bits per heavy atom. The summed E-state index contributed by atoms with van der Waals surface area (Å²) in [5.41, 5.74) is 8.75. The molecule has 0 aliphatic rings. The Balaban J connectivity index is 2.48. The lowest BCUT2D eigenvalue weighted by atomic mass is 10.00. The summed E-state index contributed by atoms with van der Waals surface area (Å²) in [6, 6.07) is 7.33. The van der Waals surface area contributed by atoms with E-state index in [4.69, 9.17) is 5.53 Å². The molecule has 0 fully saturated rings. The highest BCUT2D eigenvalue weighted by Crippen LogP contribution is 2.28. The van der Waals surface area contributed by atoms with E-state index in [-0.39, 0.29) is 22.4 Å². The van der Waals surface area contributed by atoms with E-state index in [1.54, 1.807) is 18.2 Å². The van der Waals surface area contributed by atoms with Crippen LogP contribution in [0.4, 0.5) is 0 Å². The molecule has 1 heterocycles. The third-order valence-corrected chi connectivity index (χ3v) is 2.74. The summed E-state index contributed by atoms with van der Waals surface area (Å²) in [4.78, 5) is 14.9. The van der Waals surface area contributed by atoms with Crippen molar-refractivity contribution < 1.29 is 20.2 Å². The third-order valence-electron chi connectivity index (χ3n) is 2.74. The second-order valence-corrected chi connectivity index (χ2v) is 3.93. The summed E-state index contributed by atoms with van der Waals surface area (Å²) in [5.74, 6) is -2.01. The van der Waals surface area contributed by atoms with Gasteiger partial charge in [-0.05, 0) is 11.1 Å². The molecule has 2 rings (SSSR count). The topological polar surface area (TPSA) is 131 Å². The highest BCUT2D eigenvalue weighted by Gasteiger charge is 2.22. The Hall–Kier alpha value is -3.12. The number of hydrogen-bond donors (Lipinski definition) is 3. The first-order valence-corrected chi connectivity index (χ1v) is 5.52. The van der Waals surface area contributed by atoms with E-state index in [0.29, 0.717) is 5.56 Å². The second-order valence-electron chi connectivity index (χ2n) is 3.93. The summed E-state index contributed by atoms with van der Waals surface area (Å²) in [7, 11) is 0. The summed E-state index contributed by atoms with van der Waals surface area (Å²) in [6.45, 7) is -0.0228. The number of carbonyl (C=O) groups is 1. The first-order valence-electron chi connectivity index (χ1n) is 5.52. The fourth-order valence-corrected chi connectivity index (χ4v) is 1.78. The van der Waals surface area contributed by atoms with Gasteiger partial charge in [0.05, 0.1) is 12.1 Å². The number of hydrogen-bond acceptors (Lipinski definition) is 5. The molecule has 8 heteroatoms. The van der Waals surface area contributed by atoms with Gasteiger partial charge in [-0.15, -0.1) is 4.73 Å². The van der Waals surface area contributed by atoms with Crippen LogP contribution in [0.15, 0.2) is 35.4 Å². The first-order chi connectivity index (χ1) is 9.56. The molecule has 2 aromatic rings. The number of benzene rings is 1. The van der Waals surface area contributed by atoms with Crippen LogP contribution in [0.2, 0.25) is 0 Å². The summed E-state index contributed by atoms with van der Waals surface area (Å²) in [6.07, 6.45) is 0. The molecule has 102 valence electrons. The standard InChI is InChI=1S/C12H10N4O4/c13-15-14-6-7-3-1-2-4-8(7)11(18)9-5-10(17)16(20)12(9)19/h1-5,17,19-20H,6H2. The fourth-order valence-electron chi connectivity index (χ4n) is 1.78. The van der Waals surface area contributed by atoms with E-state index in [9.17, 15) is 20.2 Å². The van der Waals surface area contributed by atoms with Gasteiger partial charge in [-0.1, -0.05) is 29.4 Å². The van der Waals surface area contributed by atoms with Crippen molar-refractivity contribution in [2.45, 2.75) is 6.54 Å². The molecule has 0 saturated heterocycles. The SMILES string of the molecule is [N-]=[N+]=NCc1ccccc1C(=O)c1cc(O)n(O)c1O. The predicted octanol–water partition coefficient (Wildman–Crippen LogP) is 2.18. The van der Waals surface area contributed by atoms with Gasteiger partial charge in [-0.2, -0.15) is 0 Å². The van der Waals surface area contributed by atoms with Crippen LogP contribution >= 0.6 is 0 Å². The van der Waals surface area contributed by atoms with Gasteiger partial charge in [0.25, 0.3) is 0 Å². The number of ketones is 1. The van der Waals surface area contributed by atoms with Crippen molar-refractivity contribution in [2.24, 2.45) is 5.11 Å². The van der Waals surface area contributed by atoms with Crippen molar-refractivity contribution in [2.75, 3.05) is 0 Å². The minimum Gasteiger partial charge on any atom is -0.492 e. The quantitative estimate of drug-likeness (QED) is 0.259. The number of nitrogens with zero attached hydrogens (tertiary/aromatic N) is 4. The zero-order valence-electron chi connectivity index (χ0n) is 10.1. The molecule has 0 atom stereocenters. The van der Waals surface area contributed by atoms with Crippen molar-refractivity contribution in [3.63, 3.8) is 0 Å². The lowest BCUT2D eigenvalue weighted by Gasteiger charge is -2.05. The van der Waals surface area contributed by atoms with Gasteiger partial charge in [0.2, 0.25) is 11.8 Å². The molecule has 0 bridgehead atoms. The normalized spacial score (nSPS) is 10.0. The third kappa shape index (κ3) is 2.23. The smallest absolute Gasteiger partial charge is 0.240 e. The van der Waals surface area contributed by atoms with Gasteiger partial charge in [0, 0.05) is 16.5 Å². The largest absolute Gasteiger partial charge is 0.492 e. The lowest BCUT2D eigenvalue weighted by molar-refractivity contribution is 0.102. The molecular formula is C12H10N4O4. The van der Waals surface area contributed by atoms with Gasteiger partial charge < -0.3 is 15.4 Å². The van der Waals surface area contributed by atoms with E-state index >= 15 is 0 Å². The molecule has 0 saturated carbocycles. The van der Waals surface area contributed by atoms with Crippen molar-refractivity contribution in [1.29, 1.82) is 0 Å². The summed E-state index contributed by atoms with van der Waals surface area (Å²) >= 11 is 0. The Bertz CT molecular complexity index is 716. The second kappa shape index (κ2) is 5.25. The number of aromatic nitrogens is 1. The van der Waals surface area contributed by atoms with Crippen LogP contribution in [-0.2, 0) is 6.54 Å². The maximum absolute atomic E-state index is 12.3. The average molecular weight is 274 g/mol. The Morgan fingerprint density at radius 2 is 2.00 bits per heavy atom. The van der Waals surface area contributed by atoms with Gasteiger partial charge in [-0.25, -0.2) is 0 Å². The first kappa shape index (κ1) is 13.3. The Morgan fingerprint density at radius 1 is 1.30 bits per heavy atom. The average Bonchev–Trinajstić information content (AvgIpc) is 2.72. The highest BCUT2D eigenvalue weighted by atomic mass is 16.5. The number of rotatable bonds is 4. The van der Waals surface area contributed by atoms with E-state index in [2.05, 4.69) is 10.0 Å². The zero-order chi connectivity index (χ0) is 14.7. The minimum absolute atomic E-state index is 0.0228. The van der Waals surface area contributed by atoms with Crippen molar-refractivity contribution in [3.8, 4) is 11.8 Å². The monoisotopic (exact) mass is 274 g/mol. The summed E-state index contributed by atoms with van der Waals surface area (Å²) in [5, 5.41) is 31.4. The van der Waals surface area contributed by atoms with Crippen molar-refractivity contribution in [3.05, 3.63) is 57.5 Å². The van der Waals surface area contributed by atoms with Crippen LogP contribution in [0, 0.1) is 0 Å². The van der Waals surface area contributed by atoms with Crippen LogP contribution in [0.3, 0.4) is 0 Å². The molecule has 0 unspecified atom stereocenters. The summed E-state index contributed by atoms with van der Waals surface area (Å²) < 4.78 is 0.100. The van der Waals surface area contributed by atoms with Crippen LogP contribution in [0.5, 0.6) is 11.8 Å². The zero-order valence-corrected chi connectivity index (χ0v) is 10.1. The van der Waals surface area contributed by atoms with E-state index in [0.717, 1.165) is 6.07 Å². The molecular weight excluding hydrogens is 264 g/mol. The molecule has 0 amide bonds. The van der Waals surface area contributed by atoms with Crippen LogP contribution in [-0.4, -0.2) is 25.9 Å². The molecule has 8 nitrogen and oxygen atoms in total. The van der Waals surface area contributed by atoms with E-state index in [1.165, 1.54) is 6.07 Å². The molecule has 0 radical (unpaired) electrons. The van der Waals surface area contributed by atoms with Gasteiger partial charge in [-0.3, -0.25) is 4.79 Å². The van der Waals surface area contributed by atoms with Crippen LogP contribution < -0.4 is 0 Å². The van der Waals surface area contributed by atoms with Crippen molar-refractivity contribution >= 4 is 5.78 Å². The van der Waals surface area contributed by atoms with Crippen LogP contribution in [0.1, 0.15) is 21.5 Å². The number of azide groups is 1. The molecule has 20 heavy (non-hydrogen) atoms. The maximum atomic E-state index is 12.3. The lowest BCUT2D eigenvalue weighted by Crippen LogP contribution is -2.04. The maximum Gasteiger partial charge on any atom is 0.240 e.